The Kier molecular flexibility index (Phi) is 5.42. The first-order valence-electron chi connectivity index (χ1n) is 7.39. The van der Waals surface area contributed by atoms with Crippen molar-refractivity contribution in [1.82, 2.24) is 5.43 Å². The van der Waals surface area contributed by atoms with Gasteiger partial charge in [0.15, 0.2) is 0 Å². The molecule has 1 saturated carbocycles. The molecule has 0 radical (unpaired) electrons. The van der Waals surface area contributed by atoms with E-state index in [1.54, 1.807) is 7.11 Å². The summed E-state index contributed by atoms with van der Waals surface area (Å²) in [6, 6.07) is 0.368. The van der Waals surface area contributed by atoms with Crippen LogP contribution in [0.15, 0.2) is 0 Å². The Morgan fingerprint density at radius 3 is 2.83 bits per heavy atom. The Balaban J connectivity index is 1.91. The molecule has 4 heteroatoms. The molecule has 4 nitrogen and oxygen atoms in total. The highest BCUT2D eigenvalue weighted by Crippen LogP contribution is 2.41. The van der Waals surface area contributed by atoms with Crippen molar-refractivity contribution in [1.29, 1.82) is 0 Å². The van der Waals surface area contributed by atoms with Gasteiger partial charge in [0.2, 0.25) is 0 Å². The molecule has 1 aliphatic heterocycles. The van der Waals surface area contributed by atoms with E-state index in [0.717, 1.165) is 26.1 Å². The van der Waals surface area contributed by atoms with Crippen LogP contribution in [0, 0.1) is 5.92 Å². The minimum Gasteiger partial charge on any atom is -0.385 e. The van der Waals surface area contributed by atoms with Gasteiger partial charge in [0.05, 0.1) is 5.60 Å². The van der Waals surface area contributed by atoms with E-state index in [2.05, 4.69) is 5.43 Å². The topological polar surface area (TPSA) is 56.5 Å². The van der Waals surface area contributed by atoms with E-state index in [1.165, 1.54) is 38.5 Å². The Morgan fingerprint density at radius 2 is 2.17 bits per heavy atom. The lowest BCUT2D eigenvalue weighted by Gasteiger charge is -2.45. The molecular formula is C14H28N2O2. The monoisotopic (exact) mass is 256 g/mol. The molecule has 1 saturated heterocycles. The Bertz CT molecular complexity index is 236. The highest BCUT2D eigenvalue weighted by molar-refractivity contribution is 4.92. The van der Waals surface area contributed by atoms with Gasteiger partial charge in [0.1, 0.15) is 0 Å². The molecule has 18 heavy (non-hydrogen) atoms. The molecule has 2 fully saturated rings. The number of methoxy groups -OCH3 is 1. The molecule has 0 bridgehead atoms. The maximum absolute atomic E-state index is 6.14. The molecule has 0 aromatic carbocycles. The summed E-state index contributed by atoms with van der Waals surface area (Å²) in [5.41, 5.74) is 3.16. The Labute approximate surface area is 111 Å². The smallest absolute Gasteiger partial charge is 0.0685 e. The third-order valence-corrected chi connectivity index (χ3v) is 4.71. The van der Waals surface area contributed by atoms with Crippen molar-refractivity contribution in [2.75, 3.05) is 20.3 Å². The second kappa shape index (κ2) is 6.85. The van der Waals surface area contributed by atoms with Crippen molar-refractivity contribution >= 4 is 0 Å². The van der Waals surface area contributed by atoms with Gasteiger partial charge >= 0.3 is 0 Å². The molecule has 1 heterocycles. The molecular weight excluding hydrogens is 228 g/mol. The summed E-state index contributed by atoms with van der Waals surface area (Å²) in [4.78, 5) is 0. The zero-order valence-electron chi connectivity index (χ0n) is 11.6. The third kappa shape index (κ3) is 3.44. The molecule has 1 aliphatic carbocycles. The molecule has 106 valence electrons. The number of rotatable bonds is 5. The van der Waals surface area contributed by atoms with Crippen LogP contribution >= 0.6 is 0 Å². The van der Waals surface area contributed by atoms with Crippen LogP contribution in [0.3, 0.4) is 0 Å². The van der Waals surface area contributed by atoms with E-state index in [4.69, 9.17) is 15.3 Å². The molecule has 3 N–H and O–H groups in total. The number of hydrogen-bond donors (Lipinski definition) is 2. The summed E-state index contributed by atoms with van der Waals surface area (Å²) in [7, 11) is 1.75. The number of hydrogen-bond acceptors (Lipinski definition) is 4. The zero-order chi connectivity index (χ0) is 12.8. The van der Waals surface area contributed by atoms with Crippen molar-refractivity contribution < 1.29 is 9.47 Å². The molecule has 2 rings (SSSR count). The number of hydrazine groups is 1. The van der Waals surface area contributed by atoms with Crippen LogP contribution in [0.5, 0.6) is 0 Å². The largest absolute Gasteiger partial charge is 0.385 e. The van der Waals surface area contributed by atoms with Gasteiger partial charge in [0, 0.05) is 26.4 Å². The first kappa shape index (κ1) is 14.3. The lowest BCUT2D eigenvalue weighted by atomic mass is 9.74. The van der Waals surface area contributed by atoms with Crippen molar-refractivity contribution in [2.45, 2.75) is 63.0 Å². The van der Waals surface area contributed by atoms with Crippen LogP contribution in [0.1, 0.15) is 51.4 Å². The highest BCUT2D eigenvalue weighted by atomic mass is 16.5. The van der Waals surface area contributed by atoms with Gasteiger partial charge in [-0.05, 0) is 38.0 Å². The van der Waals surface area contributed by atoms with Crippen LogP contribution in [-0.2, 0) is 9.47 Å². The summed E-state index contributed by atoms with van der Waals surface area (Å²) >= 11 is 0. The van der Waals surface area contributed by atoms with Gasteiger partial charge in [-0.25, -0.2) is 0 Å². The fourth-order valence-corrected chi connectivity index (χ4v) is 3.65. The van der Waals surface area contributed by atoms with Crippen LogP contribution in [0.2, 0.25) is 0 Å². The molecule has 2 aliphatic rings. The number of nitrogens with one attached hydrogen (secondary N) is 1. The van der Waals surface area contributed by atoms with Gasteiger partial charge in [-0.3, -0.25) is 11.3 Å². The minimum absolute atomic E-state index is 0.170. The maximum atomic E-state index is 6.14. The van der Waals surface area contributed by atoms with Crippen molar-refractivity contribution in [3.63, 3.8) is 0 Å². The van der Waals surface area contributed by atoms with E-state index in [9.17, 15) is 0 Å². The fraction of sp³-hybridized carbons (Fsp3) is 1.00. The number of nitrogens with two attached hydrogens (primary N) is 1. The van der Waals surface area contributed by atoms with Crippen molar-refractivity contribution in [3.05, 3.63) is 0 Å². The van der Waals surface area contributed by atoms with Crippen LogP contribution in [-0.4, -0.2) is 32.0 Å². The average molecular weight is 256 g/mol. The SMILES string of the molecule is COCCC(NN)C1CCOC2(CCCCC2)C1. The van der Waals surface area contributed by atoms with Crippen LogP contribution < -0.4 is 11.3 Å². The first-order chi connectivity index (χ1) is 8.79. The standard InChI is InChI=1S/C14H28N2O2/c1-17-9-6-13(16-15)12-5-10-18-14(11-12)7-3-2-4-8-14/h12-13,16H,2-11,15H2,1H3. The molecule has 0 amide bonds. The first-order valence-corrected chi connectivity index (χ1v) is 7.39. The van der Waals surface area contributed by atoms with Gasteiger partial charge in [-0.1, -0.05) is 19.3 Å². The second-order valence-electron chi connectivity index (χ2n) is 5.90. The van der Waals surface area contributed by atoms with E-state index in [-0.39, 0.29) is 5.60 Å². The Hall–Kier alpha value is -0.160. The highest BCUT2D eigenvalue weighted by Gasteiger charge is 2.40. The molecule has 2 unspecified atom stereocenters. The van der Waals surface area contributed by atoms with E-state index in [1.807, 2.05) is 0 Å². The van der Waals surface area contributed by atoms with Gasteiger partial charge in [-0.15, -0.1) is 0 Å². The summed E-state index contributed by atoms with van der Waals surface area (Å²) < 4.78 is 11.3. The summed E-state index contributed by atoms with van der Waals surface area (Å²) in [5, 5.41) is 0. The number of ether oxygens (including phenoxy) is 2. The zero-order valence-corrected chi connectivity index (χ0v) is 11.6. The van der Waals surface area contributed by atoms with Crippen LogP contribution in [0.4, 0.5) is 0 Å². The van der Waals surface area contributed by atoms with E-state index < -0.39 is 0 Å². The molecule has 0 aromatic rings. The van der Waals surface area contributed by atoms with Crippen molar-refractivity contribution in [3.8, 4) is 0 Å². The third-order valence-electron chi connectivity index (χ3n) is 4.71. The second-order valence-corrected chi connectivity index (χ2v) is 5.90. The lowest BCUT2D eigenvalue weighted by Crippen LogP contribution is -2.49. The predicted octanol–water partition coefficient (Wildman–Crippen LogP) is 1.98. The molecule has 2 atom stereocenters. The summed E-state index contributed by atoms with van der Waals surface area (Å²) in [5.74, 6) is 6.35. The van der Waals surface area contributed by atoms with Gasteiger partial charge in [-0.2, -0.15) is 0 Å². The van der Waals surface area contributed by atoms with E-state index >= 15 is 0 Å². The van der Waals surface area contributed by atoms with Gasteiger partial charge in [0.25, 0.3) is 0 Å². The predicted molar refractivity (Wildman–Crippen MR) is 72.1 cm³/mol. The van der Waals surface area contributed by atoms with Crippen LogP contribution in [0.25, 0.3) is 0 Å². The average Bonchev–Trinajstić information content (AvgIpc) is 2.41. The Morgan fingerprint density at radius 1 is 1.39 bits per heavy atom. The minimum atomic E-state index is 0.170. The summed E-state index contributed by atoms with van der Waals surface area (Å²) in [6.07, 6.45) is 9.80. The molecule has 1 spiro atoms. The van der Waals surface area contributed by atoms with E-state index in [0.29, 0.717) is 12.0 Å². The lowest BCUT2D eigenvalue weighted by molar-refractivity contribution is -0.122. The fourth-order valence-electron chi connectivity index (χ4n) is 3.65. The van der Waals surface area contributed by atoms with Crippen molar-refractivity contribution in [2.24, 2.45) is 11.8 Å². The summed E-state index contributed by atoms with van der Waals surface area (Å²) in [6.45, 7) is 1.68. The van der Waals surface area contributed by atoms with Gasteiger partial charge < -0.3 is 9.47 Å². The normalized spacial score (nSPS) is 29.3. The molecule has 0 aromatic heterocycles. The maximum Gasteiger partial charge on any atom is 0.0685 e. The quantitative estimate of drug-likeness (QED) is 0.583.